The van der Waals surface area contributed by atoms with Gasteiger partial charge in [-0.15, -0.1) is 0 Å². The van der Waals surface area contributed by atoms with Crippen LogP contribution >= 0.6 is 11.6 Å². The first-order valence-electron chi connectivity index (χ1n) is 6.73. The summed E-state index contributed by atoms with van der Waals surface area (Å²) in [7, 11) is 0. The van der Waals surface area contributed by atoms with Gasteiger partial charge in [-0.2, -0.15) is 0 Å². The van der Waals surface area contributed by atoms with Crippen LogP contribution in [-0.2, 0) is 17.8 Å². The van der Waals surface area contributed by atoms with E-state index in [1.54, 1.807) is 12.3 Å². The molecule has 0 atom stereocenters. The van der Waals surface area contributed by atoms with Crippen molar-refractivity contribution in [2.45, 2.75) is 25.8 Å². The molecular weight excluding hydrogens is 272 g/mol. The molecule has 0 bridgehead atoms. The molecule has 3 rings (SSSR count). The molecule has 4 heteroatoms. The zero-order valence-electron chi connectivity index (χ0n) is 11.1. The number of carbonyl (C=O) groups excluding carboxylic acids is 1. The van der Waals surface area contributed by atoms with Crippen molar-refractivity contribution in [3.8, 4) is 0 Å². The Morgan fingerprint density at radius 2 is 2.05 bits per heavy atom. The number of nitrogens with zero attached hydrogens (tertiary/aromatic N) is 2. The van der Waals surface area contributed by atoms with Gasteiger partial charge in [0.05, 0.1) is 12.2 Å². The molecule has 2 heterocycles. The van der Waals surface area contributed by atoms with E-state index in [2.05, 4.69) is 11.1 Å². The third-order valence-electron chi connectivity index (χ3n) is 3.52. The molecule has 1 aromatic carbocycles. The van der Waals surface area contributed by atoms with Crippen LogP contribution in [0.25, 0.3) is 0 Å². The Morgan fingerprint density at radius 1 is 1.20 bits per heavy atom. The minimum Gasteiger partial charge on any atom is -0.306 e. The van der Waals surface area contributed by atoms with Gasteiger partial charge in [-0.25, -0.2) is 0 Å². The van der Waals surface area contributed by atoms with Gasteiger partial charge in [0.15, 0.2) is 0 Å². The van der Waals surface area contributed by atoms with Crippen molar-refractivity contribution in [1.29, 1.82) is 0 Å². The molecule has 3 nitrogen and oxygen atoms in total. The summed E-state index contributed by atoms with van der Waals surface area (Å²) < 4.78 is 0. The molecule has 2 aromatic rings. The normalized spacial score (nSPS) is 14.8. The van der Waals surface area contributed by atoms with Gasteiger partial charge in [-0.05, 0) is 36.6 Å². The van der Waals surface area contributed by atoms with E-state index in [-0.39, 0.29) is 5.91 Å². The van der Waals surface area contributed by atoms with E-state index in [0.29, 0.717) is 18.0 Å². The number of halogens is 1. The molecule has 1 aromatic heterocycles. The van der Waals surface area contributed by atoms with E-state index in [1.165, 1.54) is 5.56 Å². The first-order valence-corrected chi connectivity index (χ1v) is 7.10. The molecule has 1 aliphatic heterocycles. The van der Waals surface area contributed by atoms with Crippen LogP contribution in [0, 0.1) is 0 Å². The number of hydrogen-bond donors (Lipinski definition) is 0. The fraction of sp³-hybridized carbons (Fsp3) is 0.250. The summed E-state index contributed by atoms with van der Waals surface area (Å²) >= 11 is 5.99. The first-order chi connectivity index (χ1) is 9.74. The van der Waals surface area contributed by atoms with E-state index in [1.807, 2.05) is 29.2 Å². The van der Waals surface area contributed by atoms with Crippen molar-refractivity contribution < 1.29 is 4.79 Å². The summed E-state index contributed by atoms with van der Waals surface area (Å²) in [6.45, 7) is 0.469. The predicted octanol–water partition coefficient (Wildman–Crippen LogP) is 3.60. The Bertz CT molecular complexity index is 642. The van der Waals surface area contributed by atoms with Crippen LogP contribution in [0.3, 0.4) is 0 Å². The Balaban J connectivity index is 1.96. The van der Waals surface area contributed by atoms with Gasteiger partial charge in [0.2, 0.25) is 5.91 Å². The number of fused-ring (bicyclic) bond motifs is 1. The van der Waals surface area contributed by atoms with Crippen LogP contribution in [0.15, 0.2) is 42.6 Å². The van der Waals surface area contributed by atoms with Crippen LogP contribution in [0.1, 0.15) is 24.1 Å². The maximum atomic E-state index is 12.3. The highest BCUT2D eigenvalue weighted by molar-refractivity contribution is 6.30. The second-order valence-corrected chi connectivity index (χ2v) is 5.36. The molecule has 1 amide bonds. The molecule has 0 radical (unpaired) electrons. The van der Waals surface area contributed by atoms with Crippen molar-refractivity contribution in [3.63, 3.8) is 0 Å². The standard InChI is InChI=1S/C16H15ClN2O/c17-13-8-9-18-14(10-13)11-19-15-6-2-1-4-12(15)5-3-7-16(19)20/h1-2,4,6,8-10H,3,5,7,11H2. The predicted molar refractivity (Wildman–Crippen MR) is 79.8 cm³/mol. The fourth-order valence-electron chi connectivity index (χ4n) is 2.56. The second kappa shape index (κ2) is 5.63. The monoisotopic (exact) mass is 286 g/mol. The summed E-state index contributed by atoms with van der Waals surface area (Å²) in [5, 5.41) is 0.644. The lowest BCUT2D eigenvalue weighted by Crippen LogP contribution is -2.29. The Hall–Kier alpha value is -1.87. The number of aromatic nitrogens is 1. The maximum absolute atomic E-state index is 12.3. The smallest absolute Gasteiger partial charge is 0.227 e. The zero-order chi connectivity index (χ0) is 13.9. The minimum atomic E-state index is 0.150. The number of rotatable bonds is 2. The third-order valence-corrected chi connectivity index (χ3v) is 3.75. The molecule has 0 saturated heterocycles. The van der Waals surface area contributed by atoms with Gasteiger partial charge in [0.25, 0.3) is 0 Å². The van der Waals surface area contributed by atoms with Crippen LogP contribution < -0.4 is 4.90 Å². The molecule has 0 fully saturated rings. The van der Waals surface area contributed by atoms with Crippen LogP contribution in [0.4, 0.5) is 5.69 Å². The number of carbonyl (C=O) groups is 1. The van der Waals surface area contributed by atoms with Crippen molar-refractivity contribution in [2.75, 3.05) is 4.90 Å². The van der Waals surface area contributed by atoms with Gasteiger partial charge in [0.1, 0.15) is 0 Å². The maximum Gasteiger partial charge on any atom is 0.227 e. The largest absolute Gasteiger partial charge is 0.306 e. The van der Waals surface area contributed by atoms with Gasteiger partial charge in [0, 0.05) is 23.3 Å². The van der Waals surface area contributed by atoms with E-state index >= 15 is 0 Å². The minimum absolute atomic E-state index is 0.150. The highest BCUT2D eigenvalue weighted by Crippen LogP contribution is 2.28. The van der Waals surface area contributed by atoms with E-state index in [9.17, 15) is 4.79 Å². The number of para-hydroxylation sites is 1. The van der Waals surface area contributed by atoms with E-state index in [0.717, 1.165) is 24.2 Å². The summed E-state index contributed by atoms with van der Waals surface area (Å²) in [5.41, 5.74) is 3.03. The molecule has 1 aliphatic rings. The van der Waals surface area contributed by atoms with Crippen LogP contribution in [0.2, 0.25) is 5.02 Å². The molecule has 0 unspecified atom stereocenters. The van der Waals surface area contributed by atoms with Gasteiger partial charge < -0.3 is 4.90 Å². The van der Waals surface area contributed by atoms with Crippen molar-refractivity contribution in [3.05, 3.63) is 58.9 Å². The average molecular weight is 287 g/mol. The van der Waals surface area contributed by atoms with Gasteiger partial charge in [-0.1, -0.05) is 29.8 Å². The number of hydrogen-bond acceptors (Lipinski definition) is 2. The quantitative estimate of drug-likeness (QED) is 0.845. The molecule has 20 heavy (non-hydrogen) atoms. The fourth-order valence-corrected chi connectivity index (χ4v) is 2.74. The zero-order valence-corrected chi connectivity index (χ0v) is 11.8. The third kappa shape index (κ3) is 2.68. The summed E-state index contributed by atoms with van der Waals surface area (Å²) in [4.78, 5) is 18.4. The lowest BCUT2D eigenvalue weighted by Gasteiger charge is -2.22. The molecule has 102 valence electrons. The number of aryl methyl sites for hydroxylation is 1. The number of anilines is 1. The van der Waals surface area contributed by atoms with E-state index < -0.39 is 0 Å². The van der Waals surface area contributed by atoms with E-state index in [4.69, 9.17) is 11.6 Å². The number of amides is 1. The highest BCUT2D eigenvalue weighted by atomic mass is 35.5. The van der Waals surface area contributed by atoms with Gasteiger partial charge >= 0.3 is 0 Å². The lowest BCUT2D eigenvalue weighted by molar-refractivity contribution is -0.118. The second-order valence-electron chi connectivity index (χ2n) is 4.93. The van der Waals surface area contributed by atoms with Crippen molar-refractivity contribution in [2.24, 2.45) is 0 Å². The summed E-state index contributed by atoms with van der Waals surface area (Å²) in [6, 6.07) is 11.6. The Labute approximate surface area is 123 Å². The summed E-state index contributed by atoms with van der Waals surface area (Å²) in [5.74, 6) is 0.150. The number of pyridine rings is 1. The topological polar surface area (TPSA) is 33.2 Å². The van der Waals surface area contributed by atoms with Crippen molar-refractivity contribution >= 4 is 23.2 Å². The molecule has 0 saturated carbocycles. The van der Waals surface area contributed by atoms with Crippen LogP contribution in [0.5, 0.6) is 0 Å². The van der Waals surface area contributed by atoms with Crippen LogP contribution in [-0.4, -0.2) is 10.9 Å². The number of benzene rings is 1. The molecule has 0 spiro atoms. The van der Waals surface area contributed by atoms with Gasteiger partial charge in [-0.3, -0.25) is 9.78 Å². The summed E-state index contributed by atoms with van der Waals surface area (Å²) in [6.07, 6.45) is 4.10. The lowest BCUT2D eigenvalue weighted by atomic mass is 10.1. The van der Waals surface area contributed by atoms with Crippen molar-refractivity contribution in [1.82, 2.24) is 4.98 Å². The SMILES string of the molecule is O=C1CCCc2ccccc2N1Cc1cc(Cl)ccn1. The average Bonchev–Trinajstić information content (AvgIpc) is 2.59. The molecule has 0 aliphatic carbocycles. The Morgan fingerprint density at radius 3 is 2.90 bits per heavy atom. The molecular formula is C16H15ClN2O. The Kier molecular flexibility index (Phi) is 3.70. The first kappa shape index (κ1) is 13.1. The highest BCUT2D eigenvalue weighted by Gasteiger charge is 2.22. The molecule has 0 N–H and O–H groups in total.